The number of benzene rings is 2. The monoisotopic (exact) mass is 452 g/mol. The first kappa shape index (κ1) is 26.6. The fourth-order valence-corrected chi connectivity index (χ4v) is 3.61. The SMILES string of the molecule is CCCCCCCCCCCC(=O)Oc1ccc(-c2ccc(C(=O)OC(C)CC)cc2)cc1. The molecular weight excluding hydrogens is 412 g/mol. The van der Waals surface area contributed by atoms with E-state index in [9.17, 15) is 9.59 Å². The second-order valence-corrected chi connectivity index (χ2v) is 8.78. The summed E-state index contributed by atoms with van der Waals surface area (Å²) in [5.74, 6) is 0.0911. The molecule has 4 nitrogen and oxygen atoms in total. The summed E-state index contributed by atoms with van der Waals surface area (Å²) in [4.78, 5) is 24.2. The van der Waals surface area contributed by atoms with E-state index in [4.69, 9.17) is 9.47 Å². The van der Waals surface area contributed by atoms with Crippen molar-refractivity contribution in [2.45, 2.75) is 97.5 Å². The van der Waals surface area contributed by atoms with Crippen molar-refractivity contribution in [1.29, 1.82) is 0 Å². The van der Waals surface area contributed by atoms with E-state index in [0.29, 0.717) is 17.7 Å². The van der Waals surface area contributed by atoms with Crippen LogP contribution in [0.2, 0.25) is 0 Å². The Morgan fingerprint density at radius 1 is 0.727 bits per heavy atom. The smallest absolute Gasteiger partial charge is 0.338 e. The third-order valence-electron chi connectivity index (χ3n) is 5.91. The molecule has 33 heavy (non-hydrogen) atoms. The third kappa shape index (κ3) is 10.2. The summed E-state index contributed by atoms with van der Waals surface area (Å²) in [7, 11) is 0. The molecule has 1 atom stereocenters. The normalized spacial score (nSPS) is 11.7. The number of esters is 2. The van der Waals surface area contributed by atoms with Crippen molar-refractivity contribution in [1.82, 2.24) is 0 Å². The second-order valence-electron chi connectivity index (χ2n) is 8.78. The average molecular weight is 453 g/mol. The minimum atomic E-state index is -0.301. The molecule has 2 aromatic rings. The van der Waals surface area contributed by atoms with Gasteiger partial charge in [-0.15, -0.1) is 0 Å². The molecule has 0 fully saturated rings. The molecule has 0 spiro atoms. The maximum atomic E-state index is 12.1. The quantitative estimate of drug-likeness (QED) is 0.155. The van der Waals surface area contributed by atoms with E-state index in [1.165, 1.54) is 44.9 Å². The minimum Gasteiger partial charge on any atom is -0.459 e. The van der Waals surface area contributed by atoms with Crippen LogP contribution in [0.3, 0.4) is 0 Å². The highest BCUT2D eigenvalue weighted by Crippen LogP contribution is 2.23. The summed E-state index contributed by atoms with van der Waals surface area (Å²) in [6, 6.07) is 14.8. The van der Waals surface area contributed by atoms with Crippen LogP contribution in [0, 0.1) is 0 Å². The topological polar surface area (TPSA) is 52.6 Å². The highest BCUT2D eigenvalue weighted by molar-refractivity contribution is 5.90. The summed E-state index contributed by atoms with van der Waals surface area (Å²) >= 11 is 0. The van der Waals surface area contributed by atoms with Gasteiger partial charge in [-0.25, -0.2) is 4.79 Å². The fourth-order valence-electron chi connectivity index (χ4n) is 3.61. The van der Waals surface area contributed by atoms with Crippen LogP contribution in [0.1, 0.15) is 102 Å². The molecule has 0 heterocycles. The van der Waals surface area contributed by atoms with Crippen LogP contribution in [0.25, 0.3) is 11.1 Å². The maximum Gasteiger partial charge on any atom is 0.338 e. The predicted molar refractivity (Wildman–Crippen MR) is 135 cm³/mol. The Kier molecular flexibility index (Phi) is 12.3. The summed E-state index contributed by atoms with van der Waals surface area (Å²) < 4.78 is 10.8. The lowest BCUT2D eigenvalue weighted by Crippen LogP contribution is -2.13. The third-order valence-corrected chi connectivity index (χ3v) is 5.91. The zero-order chi connectivity index (χ0) is 23.9. The lowest BCUT2D eigenvalue weighted by Gasteiger charge is -2.11. The summed E-state index contributed by atoms with van der Waals surface area (Å²) in [6.45, 7) is 6.11. The highest BCUT2D eigenvalue weighted by Gasteiger charge is 2.11. The van der Waals surface area contributed by atoms with Gasteiger partial charge in [0.05, 0.1) is 11.7 Å². The van der Waals surface area contributed by atoms with E-state index in [1.807, 2.05) is 50.2 Å². The van der Waals surface area contributed by atoms with Gasteiger partial charge in [-0.05, 0) is 55.2 Å². The van der Waals surface area contributed by atoms with Gasteiger partial charge in [0.1, 0.15) is 5.75 Å². The molecule has 180 valence electrons. The number of hydrogen-bond donors (Lipinski definition) is 0. The first-order chi connectivity index (χ1) is 16.0. The second kappa shape index (κ2) is 15.3. The molecule has 0 saturated heterocycles. The standard InChI is InChI=1S/C29H40O4/c1-4-6-7-8-9-10-11-12-13-14-28(30)33-27-21-19-25(20-22-27)24-15-17-26(18-16-24)29(31)32-23(3)5-2/h15-23H,4-14H2,1-3H3. The van der Waals surface area contributed by atoms with E-state index in [0.717, 1.165) is 30.4 Å². The Bertz CT molecular complexity index is 824. The van der Waals surface area contributed by atoms with Crippen molar-refractivity contribution in [2.75, 3.05) is 0 Å². The number of ether oxygens (including phenoxy) is 2. The van der Waals surface area contributed by atoms with Crippen LogP contribution in [-0.4, -0.2) is 18.0 Å². The summed E-state index contributed by atoms with van der Waals surface area (Å²) in [6.07, 6.45) is 12.2. The van der Waals surface area contributed by atoms with Gasteiger partial charge in [0, 0.05) is 6.42 Å². The van der Waals surface area contributed by atoms with Gasteiger partial charge in [0.25, 0.3) is 0 Å². The van der Waals surface area contributed by atoms with Crippen molar-refractivity contribution in [3.63, 3.8) is 0 Å². The number of carbonyl (C=O) groups excluding carboxylic acids is 2. The van der Waals surface area contributed by atoms with Crippen LogP contribution in [-0.2, 0) is 9.53 Å². The zero-order valence-electron chi connectivity index (χ0n) is 20.6. The van der Waals surface area contributed by atoms with Gasteiger partial charge >= 0.3 is 11.9 Å². The molecule has 0 aliphatic rings. The van der Waals surface area contributed by atoms with Crippen LogP contribution >= 0.6 is 0 Å². The van der Waals surface area contributed by atoms with Gasteiger partial charge in [-0.1, -0.05) is 89.5 Å². The molecule has 4 heteroatoms. The molecule has 0 saturated carbocycles. The van der Waals surface area contributed by atoms with E-state index in [2.05, 4.69) is 6.92 Å². The Balaban J connectivity index is 1.72. The molecular formula is C29H40O4. The van der Waals surface area contributed by atoms with E-state index in [-0.39, 0.29) is 18.0 Å². The van der Waals surface area contributed by atoms with Gasteiger partial charge in [0.2, 0.25) is 0 Å². The van der Waals surface area contributed by atoms with Gasteiger partial charge in [-0.3, -0.25) is 4.79 Å². The van der Waals surface area contributed by atoms with Crippen molar-refractivity contribution < 1.29 is 19.1 Å². The van der Waals surface area contributed by atoms with E-state index >= 15 is 0 Å². The predicted octanol–water partition coefficient (Wildman–Crippen LogP) is 8.14. The fraction of sp³-hybridized carbons (Fsp3) is 0.517. The Morgan fingerprint density at radius 2 is 1.24 bits per heavy atom. The first-order valence-electron chi connectivity index (χ1n) is 12.7. The summed E-state index contributed by atoms with van der Waals surface area (Å²) in [5.41, 5.74) is 2.53. The molecule has 0 bridgehead atoms. The van der Waals surface area contributed by atoms with Gasteiger partial charge < -0.3 is 9.47 Å². The number of unbranched alkanes of at least 4 members (excludes halogenated alkanes) is 8. The minimum absolute atomic E-state index is 0.0900. The Hall–Kier alpha value is -2.62. The average Bonchev–Trinajstić information content (AvgIpc) is 2.83. The first-order valence-corrected chi connectivity index (χ1v) is 12.7. The maximum absolute atomic E-state index is 12.1. The van der Waals surface area contributed by atoms with Crippen LogP contribution in [0.4, 0.5) is 0 Å². The molecule has 0 N–H and O–H groups in total. The highest BCUT2D eigenvalue weighted by atomic mass is 16.5. The van der Waals surface area contributed by atoms with Crippen LogP contribution in [0.15, 0.2) is 48.5 Å². The van der Waals surface area contributed by atoms with E-state index < -0.39 is 0 Å². The van der Waals surface area contributed by atoms with Crippen molar-refractivity contribution in [2.24, 2.45) is 0 Å². The molecule has 0 aromatic heterocycles. The zero-order valence-corrected chi connectivity index (χ0v) is 20.6. The van der Waals surface area contributed by atoms with Crippen LogP contribution < -0.4 is 4.74 Å². The van der Waals surface area contributed by atoms with Crippen molar-refractivity contribution in [3.8, 4) is 16.9 Å². The van der Waals surface area contributed by atoms with Crippen molar-refractivity contribution in [3.05, 3.63) is 54.1 Å². The lowest BCUT2D eigenvalue weighted by atomic mass is 10.0. The largest absolute Gasteiger partial charge is 0.459 e. The molecule has 1 unspecified atom stereocenters. The molecule has 2 aromatic carbocycles. The Morgan fingerprint density at radius 3 is 1.79 bits per heavy atom. The Labute approximate surface area is 199 Å². The number of hydrogen-bond acceptors (Lipinski definition) is 4. The van der Waals surface area contributed by atoms with Gasteiger partial charge in [-0.2, -0.15) is 0 Å². The number of carbonyl (C=O) groups is 2. The van der Waals surface area contributed by atoms with Gasteiger partial charge in [0.15, 0.2) is 0 Å². The molecule has 0 aliphatic carbocycles. The molecule has 0 aliphatic heterocycles. The van der Waals surface area contributed by atoms with E-state index in [1.54, 1.807) is 12.1 Å². The summed E-state index contributed by atoms with van der Waals surface area (Å²) in [5, 5.41) is 0. The number of rotatable bonds is 15. The lowest BCUT2D eigenvalue weighted by molar-refractivity contribution is -0.134. The molecule has 2 rings (SSSR count). The van der Waals surface area contributed by atoms with Crippen molar-refractivity contribution >= 4 is 11.9 Å². The van der Waals surface area contributed by atoms with Crippen LogP contribution in [0.5, 0.6) is 5.75 Å². The molecule has 0 amide bonds. The molecule has 0 radical (unpaired) electrons.